The Kier molecular flexibility index (Phi) is 4.47. The normalized spacial score (nSPS) is 16.2. The van der Waals surface area contributed by atoms with Crippen LogP contribution < -0.4 is 9.64 Å². The van der Waals surface area contributed by atoms with E-state index >= 15 is 0 Å². The lowest BCUT2D eigenvalue weighted by Gasteiger charge is -2.29. The van der Waals surface area contributed by atoms with E-state index in [0.717, 1.165) is 58.1 Å². The molecule has 164 valence electrons. The minimum atomic E-state index is -0.340. The van der Waals surface area contributed by atoms with Crippen molar-refractivity contribution in [2.45, 2.75) is 20.0 Å². The zero-order valence-electron chi connectivity index (χ0n) is 18.6. The van der Waals surface area contributed by atoms with Gasteiger partial charge in [0.25, 0.3) is 0 Å². The SMILES string of the molecule is CCN(CC)c1ccc2c(c1)OC1=NC(c3ccc(O)cc3)n3c(nc4ccccc43)C1=C2. The highest BCUT2D eigenvalue weighted by molar-refractivity contribution is 6.26. The fourth-order valence-electron chi connectivity index (χ4n) is 4.67. The molecule has 2 aliphatic rings. The summed E-state index contributed by atoms with van der Waals surface area (Å²) in [5.74, 6) is 2.43. The van der Waals surface area contributed by atoms with E-state index in [2.05, 4.69) is 53.7 Å². The molecule has 1 atom stereocenters. The highest BCUT2D eigenvalue weighted by Gasteiger charge is 2.33. The van der Waals surface area contributed by atoms with Gasteiger partial charge < -0.3 is 14.7 Å². The second kappa shape index (κ2) is 7.52. The number of aliphatic imine (C=N–C) groups is 1. The van der Waals surface area contributed by atoms with E-state index in [0.29, 0.717) is 5.90 Å². The van der Waals surface area contributed by atoms with Crippen molar-refractivity contribution in [2.24, 2.45) is 4.99 Å². The molecule has 2 aliphatic heterocycles. The van der Waals surface area contributed by atoms with Crippen LogP contribution in [0.5, 0.6) is 11.5 Å². The number of phenolic OH excluding ortho intramolecular Hbond substituents is 1. The maximum atomic E-state index is 9.80. The molecule has 0 fully saturated rings. The molecule has 33 heavy (non-hydrogen) atoms. The highest BCUT2D eigenvalue weighted by Crippen LogP contribution is 2.41. The molecule has 3 aromatic carbocycles. The third-order valence-corrected chi connectivity index (χ3v) is 6.37. The van der Waals surface area contributed by atoms with Gasteiger partial charge in [-0.1, -0.05) is 24.3 Å². The van der Waals surface area contributed by atoms with Gasteiger partial charge in [-0.3, -0.25) is 4.57 Å². The number of phenols is 1. The molecule has 1 unspecified atom stereocenters. The first-order valence-electron chi connectivity index (χ1n) is 11.3. The molecule has 0 saturated carbocycles. The molecule has 3 heterocycles. The summed E-state index contributed by atoms with van der Waals surface area (Å²) in [7, 11) is 0. The lowest BCUT2D eigenvalue weighted by atomic mass is 10.0. The minimum absolute atomic E-state index is 0.227. The topological polar surface area (TPSA) is 62.9 Å². The smallest absolute Gasteiger partial charge is 0.228 e. The van der Waals surface area contributed by atoms with E-state index in [1.807, 2.05) is 30.3 Å². The third-order valence-electron chi connectivity index (χ3n) is 6.37. The molecule has 0 bridgehead atoms. The van der Waals surface area contributed by atoms with Crippen LogP contribution in [-0.2, 0) is 0 Å². The van der Waals surface area contributed by atoms with Crippen LogP contribution in [0, 0.1) is 0 Å². The summed E-state index contributed by atoms with van der Waals surface area (Å²) in [5.41, 5.74) is 5.91. The van der Waals surface area contributed by atoms with Crippen molar-refractivity contribution in [3.63, 3.8) is 0 Å². The number of hydrogen-bond donors (Lipinski definition) is 1. The standard InChI is InChI=1S/C27H24N4O2/c1-3-30(4-2)19-12-9-18-15-21-26-28-22-7-5-6-8-23(22)31(26)25(17-10-13-20(32)14-11-17)29-27(21)33-24(18)16-19/h5-16,25,32H,3-4H2,1-2H3. The van der Waals surface area contributed by atoms with Crippen molar-refractivity contribution in [1.29, 1.82) is 0 Å². The third kappa shape index (κ3) is 3.09. The van der Waals surface area contributed by atoms with E-state index < -0.39 is 0 Å². The van der Waals surface area contributed by atoms with Crippen molar-refractivity contribution < 1.29 is 9.84 Å². The number of benzene rings is 3. The number of imidazole rings is 1. The fourth-order valence-corrected chi connectivity index (χ4v) is 4.67. The van der Waals surface area contributed by atoms with Crippen LogP contribution in [0.3, 0.4) is 0 Å². The first kappa shape index (κ1) is 19.6. The predicted octanol–water partition coefficient (Wildman–Crippen LogP) is 5.48. The number of anilines is 1. The van der Waals surface area contributed by atoms with Crippen LogP contribution in [0.1, 0.15) is 37.0 Å². The highest BCUT2D eigenvalue weighted by atomic mass is 16.5. The van der Waals surface area contributed by atoms with Gasteiger partial charge in [0.2, 0.25) is 5.90 Å². The van der Waals surface area contributed by atoms with E-state index in [-0.39, 0.29) is 11.9 Å². The molecular formula is C27H24N4O2. The average Bonchev–Trinajstić information content (AvgIpc) is 3.24. The van der Waals surface area contributed by atoms with E-state index in [9.17, 15) is 5.11 Å². The Labute approximate surface area is 192 Å². The molecule has 0 saturated heterocycles. The Bertz CT molecular complexity index is 1430. The van der Waals surface area contributed by atoms with Crippen molar-refractivity contribution in [3.8, 4) is 11.5 Å². The lowest BCUT2D eigenvalue weighted by Crippen LogP contribution is -2.27. The van der Waals surface area contributed by atoms with Crippen molar-refractivity contribution >= 4 is 34.3 Å². The van der Waals surface area contributed by atoms with Gasteiger partial charge in [-0.05, 0) is 61.9 Å². The summed E-state index contributed by atoms with van der Waals surface area (Å²) < 4.78 is 8.54. The van der Waals surface area contributed by atoms with Gasteiger partial charge in [0.1, 0.15) is 17.3 Å². The number of aromatic nitrogens is 2. The Morgan fingerprint density at radius 3 is 2.58 bits per heavy atom. The maximum absolute atomic E-state index is 9.80. The molecule has 4 aromatic rings. The first-order valence-corrected chi connectivity index (χ1v) is 11.3. The number of aromatic hydroxyl groups is 1. The first-order chi connectivity index (χ1) is 16.2. The number of hydrogen-bond acceptors (Lipinski definition) is 5. The summed E-state index contributed by atoms with van der Waals surface area (Å²) in [5, 5.41) is 9.80. The number of ether oxygens (including phenoxy) is 1. The molecular weight excluding hydrogens is 412 g/mol. The second-order valence-corrected chi connectivity index (χ2v) is 8.25. The summed E-state index contributed by atoms with van der Waals surface area (Å²) in [6, 6.07) is 21.6. The number of fused-ring (bicyclic) bond motifs is 6. The zero-order chi connectivity index (χ0) is 22.5. The fraction of sp³-hybridized carbons (Fsp3) is 0.185. The van der Waals surface area contributed by atoms with Crippen molar-refractivity contribution in [2.75, 3.05) is 18.0 Å². The van der Waals surface area contributed by atoms with E-state index in [4.69, 9.17) is 14.7 Å². The Hall–Kier alpha value is -4.06. The molecule has 0 aliphatic carbocycles. The van der Waals surface area contributed by atoms with Crippen LogP contribution >= 0.6 is 0 Å². The van der Waals surface area contributed by atoms with Gasteiger partial charge in [0.05, 0.1) is 16.6 Å². The molecule has 6 heteroatoms. The molecule has 6 nitrogen and oxygen atoms in total. The average molecular weight is 437 g/mol. The predicted molar refractivity (Wildman–Crippen MR) is 132 cm³/mol. The molecule has 1 N–H and O–H groups in total. The van der Waals surface area contributed by atoms with E-state index in [1.54, 1.807) is 12.1 Å². The Morgan fingerprint density at radius 1 is 1.00 bits per heavy atom. The number of rotatable bonds is 4. The molecule has 6 rings (SSSR count). The summed E-state index contributed by atoms with van der Waals surface area (Å²) in [6.45, 7) is 6.17. The Balaban J connectivity index is 1.54. The van der Waals surface area contributed by atoms with Crippen LogP contribution in [0.4, 0.5) is 5.69 Å². The van der Waals surface area contributed by atoms with Gasteiger partial charge in [-0.2, -0.15) is 0 Å². The quantitative estimate of drug-likeness (QED) is 0.460. The van der Waals surface area contributed by atoms with Gasteiger partial charge in [-0.15, -0.1) is 0 Å². The summed E-state index contributed by atoms with van der Waals surface area (Å²) >= 11 is 0. The largest absolute Gasteiger partial charge is 0.508 e. The van der Waals surface area contributed by atoms with Gasteiger partial charge in [0, 0.05) is 30.4 Å². The summed E-state index contributed by atoms with van der Waals surface area (Å²) in [4.78, 5) is 12.3. The zero-order valence-corrected chi connectivity index (χ0v) is 18.6. The van der Waals surface area contributed by atoms with Gasteiger partial charge >= 0.3 is 0 Å². The molecule has 0 amide bonds. The van der Waals surface area contributed by atoms with Crippen molar-refractivity contribution in [3.05, 3.63) is 83.7 Å². The molecule has 1 aromatic heterocycles. The summed E-state index contributed by atoms with van der Waals surface area (Å²) in [6.07, 6.45) is 1.78. The minimum Gasteiger partial charge on any atom is -0.508 e. The second-order valence-electron chi connectivity index (χ2n) is 8.25. The number of nitrogens with zero attached hydrogens (tertiary/aromatic N) is 4. The lowest BCUT2D eigenvalue weighted by molar-refractivity contribution is 0.474. The van der Waals surface area contributed by atoms with Gasteiger partial charge in [0.15, 0.2) is 6.17 Å². The van der Waals surface area contributed by atoms with Crippen molar-refractivity contribution in [1.82, 2.24) is 9.55 Å². The molecule has 0 spiro atoms. The number of para-hydroxylation sites is 2. The van der Waals surface area contributed by atoms with Gasteiger partial charge in [-0.25, -0.2) is 9.98 Å². The van der Waals surface area contributed by atoms with E-state index in [1.165, 1.54) is 0 Å². The monoisotopic (exact) mass is 436 g/mol. The maximum Gasteiger partial charge on any atom is 0.228 e. The Morgan fingerprint density at radius 2 is 1.79 bits per heavy atom. The van der Waals surface area contributed by atoms with Crippen LogP contribution in [-0.4, -0.2) is 33.6 Å². The molecule has 0 radical (unpaired) electrons. The van der Waals surface area contributed by atoms with Crippen LogP contribution in [0.25, 0.3) is 22.7 Å². The van der Waals surface area contributed by atoms with Crippen LogP contribution in [0.2, 0.25) is 0 Å². The van der Waals surface area contributed by atoms with Crippen LogP contribution in [0.15, 0.2) is 71.7 Å².